The number of methoxy groups -OCH3 is 1. The zero-order valence-corrected chi connectivity index (χ0v) is 15.3. The summed E-state index contributed by atoms with van der Waals surface area (Å²) in [5, 5.41) is 14.5. The Hall–Kier alpha value is -1.20. The number of sulfonamides is 1. The molecule has 0 radical (unpaired) electrons. The summed E-state index contributed by atoms with van der Waals surface area (Å²) in [5.41, 5.74) is -0.362. The van der Waals surface area contributed by atoms with Crippen LogP contribution in [0.3, 0.4) is 0 Å². The first kappa shape index (κ1) is 19.1. The largest absolute Gasteiger partial charge is 0.496 e. The van der Waals surface area contributed by atoms with Crippen LogP contribution in [0.5, 0.6) is 5.88 Å². The predicted molar refractivity (Wildman–Crippen MR) is 88.7 cm³/mol. The summed E-state index contributed by atoms with van der Waals surface area (Å²) in [6.45, 7) is 7.37. The molecule has 1 fully saturated rings. The molecule has 0 bridgehead atoms. The van der Waals surface area contributed by atoms with Gasteiger partial charge in [0.15, 0.2) is 0 Å². The molecule has 0 aliphatic carbocycles. The highest BCUT2D eigenvalue weighted by Crippen LogP contribution is 2.37. The SMILES string of the molecule is COc1nc(CCO)c(B2OC(C)(C)C(C)(C)O2)cc1S(N)(=O)=O. The van der Waals surface area contributed by atoms with E-state index in [1.165, 1.54) is 13.2 Å². The zero-order valence-electron chi connectivity index (χ0n) is 14.5. The Balaban J connectivity index is 2.60. The van der Waals surface area contributed by atoms with Crippen LogP contribution in [0.2, 0.25) is 0 Å². The number of nitrogens with zero attached hydrogens (tertiary/aromatic N) is 1. The van der Waals surface area contributed by atoms with Crippen molar-refractivity contribution < 1.29 is 27.6 Å². The van der Waals surface area contributed by atoms with Gasteiger partial charge in [0.05, 0.1) is 18.3 Å². The second kappa shape index (κ2) is 6.27. The molecule has 0 spiro atoms. The number of primary sulfonamides is 1. The van der Waals surface area contributed by atoms with Crippen molar-refractivity contribution >= 4 is 22.6 Å². The van der Waals surface area contributed by atoms with Crippen LogP contribution in [-0.2, 0) is 25.8 Å². The van der Waals surface area contributed by atoms with Crippen LogP contribution in [0.15, 0.2) is 11.0 Å². The van der Waals surface area contributed by atoms with Crippen molar-refractivity contribution in [3.63, 3.8) is 0 Å². The highest BCUT2D eigenvalue weighted by molar-refractivity contribution is 7.89. The number of aliphatic hydroxyl groups excluding tert-OH is 1. The highest BCUT2D eigenvalue weighted by Gasteiger charge is 2.52. The average molecular weight is 358 g/mol. The minimum Gasteiger partial charge on any atom is -0.480 e. The lowest BCUT2D eigenvalue weighted by molar-refractivity contribution is 0.00578. The number of aromatic nitrogens is 1. The summed E-state index contributed by atoms with van der Waals surface area (Å²) < 4.78 is 40.6. The second-order valence-corrected chi connectivity index (χ2v) is 8.17. The molecule has 1 saturated heterocycles. The molecule has 1 aromatic heterocycles. The smallest absolute Gasteiger partial charge is 0.480 e. The van der Waals surface area contributed by atoms with Gasteiger partial charge in [-0.1, -0.05) is 0 Å². The molecule has 24 heavy (non-hydrogen) atoms. The first-order valence-corrected chi connectivity index (χ1v) is 9.04. The molecule has 2 heterocycles. The van der Waals surface area contributed by atoms with Crippen LogP contribution in [0.4, 0.5) is 0 Å². The Bertz CT molecular complexity index is 719. The summed E-state index contributed by atoms with van der Waals surface area (Å²) in [5.74, 6) is -0.124. The van der Waals surface area contributed by atoms with Crippen LogP contribution >= 0.6 is 0 Å². The lowest BCUT2D eigenvalue weighted by Gasteiger charge is -2.32. The lowest BCUT2D eigenvalue weighted by atomic mass is 9.77. The van der Waals surface area contributed by atoms with Crippen LogP contribution in [0.25, 0.3) is 0 Å². The second-order valence-electron chi connectivity index (χ2n) is 6.64. The fourth-order valence-electron chi connectivity index (χ4n) is 2.36. The van der Waals surface area contributed by atoms with Crippen molar-refractivity contribution in [1.82, 2.24) is 4.98 Å². The van der Waals surface area contributed by atoms with Crippen molar-refractivity contribution in [3.8, 4) is 5.88 Å². The fourth-order valence-corrected chi connectivity index (χ4v) is 3.02. The quantitative estimate of drug-likeness (QED) is 0.685. The Morgan fingerprint density at radius 2 is 1.83 bits per heavy atom. The monoisotopic (exact) mass is 358 g/mol. The number of ether oxygens (including phenoxy) is 1. The fraction of sp³-hybridized carbons (Fsp3) is 0.643. The van der Waals surface area contributed by atoms with Crippen LogP contribution in [-0.4, -0.2) is 50.5 Å². The van der Waals surface area contributed by atoms with Crippen LogP contribution < -0.4 is 15.3 Å². The number of nitrogens with two attached hydrogens (primary N) is 1. The average Bonchev–Trinajstić information content (AvgIpc) is 2.65. The Labute approximate surface area is 142 Å². The van der Waals surface area contributed by atoms with E-state index in [4.69, 9.17) is 19.2 Å². The molecular weight excluding hydrogens is 335 g/mol. The third kappa shape index (κ3) is 3.43. The Morgan fingerprint density at radius 3 is 2.25 bits per heavy atom. The summed E-state index contributed by atoms with van der Waals surface area (Å²) in [7, 11) is -3.57. The van der Waals surface area contributed by atoms with E-state index in [1.54, 1.807) is 0 Å². The van der Waals surface area contributed by atoms with Gasteiger partial charge in [0.2, 0.25) is 15.9 Å². The molecule has 2 rings (SSSR count). The minimum atomic E-state index is -4.05. The van der Waals surface area contributed by atoms with Gasteiger partial charge in [0.25, 0.3) is 0 Å². The van der Waals surface area contributed by atoms with E-state index in [-0.39, 0.29) is 23.8 Å². The zero-order chi connectivity index (χ0) is 18.3. The van der Waals surface area contributed by atoms with Crippen LogP contribution in [0.1, 0.15) is 33.4 Å². The van der Waals surface area contributed by atoms with E-state index >= 15 is 0 Å². The number of rotatable bonds is 5. The molecule has 1 aliphatic heterocycles. The lowest BCUT2D eigenvalue weighted by Crippen LogP contribution is -2.41. The maximum atomic E-state index is 11.8. The third-order valence-corrected chi connectivity index (χ3v) is 5.33. The number of aliphatic hydroxyl groups is 1. The van der Waals surface area contributed by atoms with Crippen molar-refractivity contribution in [2.24, 2.45) is 5.14 Å². The predicted octanol–water partition coefficient (Wildman–Crippen LogP) is -0.428. The minimum absolute atomic E-state index is 0.124. The summed E-state index contributed by atoms with van der Waals surface area (Å²) >= 11 is 0. The van der Waals surface area contributed by atoms with E-state index in [9.17, 15) is 13.5 Å². The highest BCUT2D eigenvalue weighted by atomic mass is 32.2. The molecule has 8 nitrogen and oxygen atoms in total. The van der Waals surface area contributed by atoms with Crippen molar-refractivity contribution in [2.45, 2.75) is 50.2 Å². The molecule has 1 aromatic rings. The summed E-state index contributed by atoms with van der Waals surface area (Å²) in [6.07, 6.45) is 0.195. The summed E-state index contributed by atoms with van der Waals surface area (Å²) in [6, 6.07) is 1.34. The molecule has 3 N–H and O–H groups in total. The van der Waals surface area contributed by atoms with Gasteiger partial charge in [-0.05, 0) is 33.8 Å². The van der Waals surface area contributed by atoms with Gasteiger partial charge in [-0.3, -0.25) is 0 Å². The number of hydrogen-bond donors (Lipinski definition) is 2. The standard InChI is InChI=1S/C14H23BN2O6S/c1-13(2)14(3,4)23-15(22-13)9-8-11(24(16,19)20)12(21-5)17-10(9)6-7-18/h8,18H,6-7H2,1-5H3,(H2,16,19,20). The number of hydrogen-bond acceptors (Lipinski definition) is 7. The van der Waals surface area contributed by atoms with Gasteiger partial charge >= 0.3 is 7.12 Å². The van der Waals surface area contributed by atoms with E-state index in [1.807, 2.05) is 27.7 Å². The molecule has 0 unspecified atom stereocenters. The molecule has 0 saturated carbocycles. The number of pyridine rings is 1. The van der Waals surface area contributed by atoms with Gasteiger partial charge < -0.3 is 19.2 Å². The maximum absolute atomic E-state index is 11.8. The van der Waals surface area contributed by atoms with Crippen molar-refractivity contribution in [2.75, 3.05) is 13.7 Å². The Kier molecular flexibility index (Phi) is 5.00. The molecule has 0 aromatic carbocycles. The van der Waals surface area contributed by atoms with Gasteiger partial charge in [0.1, 0.15) is 4.90 Å². The molecule has 0 atom stereocenters. The van der Waals surface area contributed by atoms with Gasteiger partial charge in [-0.15, -0.1) is 0 Å². The molecule has 10 heteroatoms. The molecular formula is C14H23BN2O6S. The Morgan fingerprint density at radius 1 is 1.29 bits per heavy atom. The maximum Gasteiger partial charge on any atom is 0.496 e. The molecule has 1 aliphatic rings. The van der Waals surface area contributed by atoms with Gasteiger partial charge in [0, 0.05) is 24.2 Å². The van der Waals surface area contributed by atoms with Crippen molar-refractivity contribution in [3.05, 3.63) is 11.8 Å². The van der Waals surface area contributed by atoms with Crippen molar-refractivity contribution in [1.29, 1.82) is 0 Å². The van der Waals surface area contributed by atoms with E-state index in [0.29, 0.717) is 11.2 Å². The topological polar surface area (TPSA) is 121 Å². The van der Waals surface area contributed by atoms with E-state index < -0.39 is 28.3 Å². The normalized spacial score (nSPS) is 19.5. The first-order valence-electron chi connectivity index (χ1n) is 7.50. The molecule has 0 amide bonds. The van der Waals surface area contributed by atoms with Crippen LogP contribution in [0, 0.1) is 0 Å². The summed E-state index contributed by atoms with van der Waals surface area (Å²) in [4.78, 5) is 3.93. The third-order valence-electron chi connectivity index (χ3n) is 4.42. The van der Waals surface area contributed by atoms with Gasteiger partial charge in [-0.2, -0.15) is 0 Å². The molecule has 134 valence electrons. The first-order chi connectivity index (χ1) is 10.9. The van der Waals surface area contributed by atoms with E-state index in [0.717, 1.165) is 0 Å². The van der Waals surface area contributed by atoms with Gasteiger partial charge in [-0.25, -0.2) is 18.5 Å². The van der Waals surface area contributed by atoms with E-state index in [2.05, 4.69) is 4.98 Å².